The number of thiazole rings is 1. The lowest BCUT2D eigenvalue weighted by atomic mass is 9.98. The van der Waals surface area contributed by atoms with Crippen LogP contribution in [0.4, 0.5) is 5.13 Å². The van der Waals surface area contributed by atoms with Gasteiger partial charge in [0.1, 0.15) is 5.58 Å². The quantitative estimate of drug-likeness (QED) is 0.379. The maximum absolute atomic E-state index is 13.6. The van der Waals surface area contributed by atoms with E-state index in [0.717, 1.165) is 26.6 Å². The van der Waals surface area contributed by atoms with Crippen molar-refractivity contribution < 1.29 is 9.21 Å². The van der Waals surface area contributed by atoms with Crippen molar-refractivity contribution in [1.29, 1.82) is 0 Å². The van der Waals surface area contributed by atoms with Crippen LogP contribution >= 0.6 is 23.1 Å². The Morgan fingerprint density at radius 2 is 1.81 bits per heavy atom. The van der Waals surface area contributed by atoms with E-state index in [1.165, 1.54) is 11.3 Å². The molecule has 0 spiro atoms. The Hall–Kier alpha value is -2.90. The highest BCUT2D eigenvalue weighted by atomic mass is 32.2. The third kappa shape index (κ3) is 3.11. The Kier molecular flexibility index (Phi) is 4.75. The van der Waals surface area contributed by atoms with Crippen LogP contribution in [0.15, 0.2) is 56.6 Å². The minimum atomic E-state index is -0.579. The summed E-state index contributed by atoms with van der Waals surface area (Å²) in [4.78, 5) is 35.5. The van der Waals surface area contributed by atoms with Gasteiger partial charge in [0.15, 0.2) is 10.6 Å². The van der Waals surface area contributed by atoms with Crippen molar-refractivity contribution in [3.63, 3.8) is 0 Å². The molecule has 0 fully saturated rings. The molecule has 31 heavy (non-hydrogen) atoms. The van der Waals surface area contributed by atoms with E-state index in [2.05, 4.69) is 4.98 Å². The zero-order valence-corrected chi connectivity index (χ0v) is 19.2. The molecule has 0 bridgehead atoms. The molecule has 1 atom stereocenters. The highest BCUT2D eigenvalue weighted by Crippen LogP contribution is 2.43. The van der Waals surface area contributed by atoms with Crippen molar-refractivity contribution in [2.45, 2.75) is 31.7 Å². The molecule has 3 heterocycles. The van der Waals surface area contributed by atoms with E-state index < -0.39 is 6.04 Å². The van der Waals surface area contributed by atoms with E-state index in [9.17, 15) is 9.59 Å². The molecule has 7 heteroatoms. The smallest absolute Gasteiger partial charge is 0.297 e. The SMILES string of the molecule is CSc1ccc(C2c3c(oc4ccc(C)cc4c3=O)C(=O)N2c2nc(C)c(C)s2)cc1. The minimum absolute atomic E-state index is 0.103. The van der Waals surface area contributed by atoms with Crippen LogP contribution < -0.4 is 10.3 Å². The molecule has 2 aromatic heterocycles. The summed E-state index contributed by atoms with van der Waals surface area (Å²) in [5.41, 5.74) is 3.33. The van der Waals surface area contributed by atoms with Crippen LogP contribution in [0.1, 0.15) is 43.9 Å². The monoisotopic (exact) mass is 448 g/mol. The number of carbonyl (C=O) groups excluding carboxylic acids is 1. The average Bonchev–Trinajstić information content (AvgIpc) is 3.25. The van der Waals surface area contributed by atoms with Crippen molar-refractivity contribution in [2.24, 2.45) is 0 Å². The number of thioether (sulfide) groups is 1. The zero-order valence-electron chi connectivity index (χ0n) is 17.6. The van der Waals surface area contributed by atoms with Gasteiger partial charge in [0.25, 0.3) is 5.91 Å². The van der Waals surface area contributed by atoms with Crippen molar-refractivity contribution in [3.05, 3.63) is 85.7 Å². The van der Waals surface area contributed by atoms with Crippen LogP contribution in [0.25, 0.3) is 11.0 Å². The maximum atomic E-state index is 13.6. The average molecular weight is 449 g/mol. The second-order valence-electron chi connectivity index (χ2n) is 7.66. The molecule has 1 aliphatic rings. The summed E-state index contributed by atoms with van der Waals surface area (Å²) in [6.07, 6.45) is 2.01. The van der Waals surface area contributed by atoms with Crippen LogP contribution in [0.3, 0.4) is 0 Å². The first-order valence-electron chi connectivity index (χ1n) is 9.88. The first kappa shape index (κ1) is 20.0. The molecule has 2 aromatic carbocycles. The second kappa shape index (κ2) is 7.35. The second-order valence-corrected chi connectivity index (χ2v) is 9.72. The largest absolute Gasteiger partial charge is 0.450 e. The molecule has 0 radical (unpaired) electrons. The first-order valence-corrected chi connectivity index (χ1v) is 11.9. The Bertz CT molecular complexity index is 1380. The number of benzene rings is 2. The van der Waals surface area contributed by atoms with Crippen molar-refractivity contribution in [2.75, 3.05) is 11.2 Å². The number of rotatable bonds is 3. The molecule has 0 saturated heterocycles. The molecule has 0 saturated carbocycles. The Morgan fingerprint density at radius 3 is 2.45 bits per heavy atom. The molecule has 1 unspecified atom stereocenters. The van der Waals surface area contributed by atoms with Gasteiger partial charge in [0.2, 0.25) is 5.76 Å². The zero-order chi connectivity index (χ0) is 21.9. The lowest BCUT2D eigenvalue weighted by Gasteiger charge is -2.22. The summed E-state index contributed by atoms with van der Waals surface area (Å²) in [6.45, 7) is 5.84. The summed E-state index contributed by atoms with van der Waals surface area (Å²) < 4.78 is 6.02. The Morgan fingerprint density at radius 1 is 1.06 bits per heavy atom. The molecule has 156 valence electrons. The third-order valence-corrected chi connectivity index (χ3v) is 7.50. The topological polar surface area (TPSA) is 63.4 Å². The van der Waals surface area contributed by atoms with Gasteiger partial charge < -0.3 is 4.42 Å². The number of carbonyl (C=O) groups is 1. The van der Waals surface area contributed by atoms with Gasteiger partial charge in [0.05, 0.1) is 22.7 Å². The van der Waals surface area contributed by atoms with E-state index in [4.69, 9.17) is 4.42 Å². The number of nitrogens with zero attached hydrogens (tertiary/aromatic N) is 2. The fraction of sp³-hybridized carbons (Fsp3) is 0.208. The molecule has 5 nitrogen and oxygen atoms in total. The molecule has 4 aromatic rings. The number of fused-ring (bicyclic) bond motifs is 2. The van der Waals surface area contributed by atoms with Gasteiger partial charge in [-0.1, -0.05) is 23.8 Å². The van der Waals surface area contributed by atoms with Crippen LogP contribution in [-0.4, -0.2) is 17.1 Å². The predicted octanol–water partition coefficient (Wildman–Crippen LogP) is 5.65. The molecule has 0 N–H and O–H groups in total. The van der Waals surface area contributed by atoms with Crippen LogP contribution in [0, 0.1) is 20.8 Å². The number of hydrogen-bond donors (Lipinski definition) is 0. The molecular weight excluding hydrogens is 428 g/mol. The minimum Gasteiger partial charge on any atom is -0.450 e. The molecule has 5 rings (SSSR count). The molecular formula is C24H20N2O3S2. The van der Waals surface area contributed by atoms with Crippen LogP contribution in [0.5, 0.6) is 0 Å². The van der Waals surface area contributed by atoms with Gasteiger partial charge in [0, 0.05) is 9.77 Å². The van der Waals surface area contributed by atoms with Crippen LogP contribution in [0.2, 0.25) is 0 Å². The van der Waals surface area contributed by atoms with Crippen molar-refractivity contribution >= 4 is 45.1 Å². The standard InChI is InChI=1S/C24H20N2O3S2/c1-12-5-10-18-17(11-12)21(27)19-20(15-6-8-16(30-4)9-7-15)26(23(28)22(19)29-18)24-25-13(2)14(3)31-24/h5-11,20H,1-4H3. The summed E-state index contributed by atoms with van der Waals surface area (Å²) in [7, 11) is 0. The van der Waals surface area contributed by atoms with Gasteiger partial charge in [-0.3, -0.25) is 14.5 Å². The van der Waals surface area contributed by atoms with Gasteiger partial charge >= 0.3 is 0 Å². The lowest BCUT2D eigenvalue weighted by Crippen LogP contribution is -2.29. The van der Waals surface area contributed by atoms with Gasteiger partial charge in [-0.2, -0.15) is 0 Å². The fourth-order valence-electron chi connectivity index (χ4n) is 3.94. The third-order valence-electron chi connectivity index (χ3n) is 5.68. The van der Waals surface area contributed by atoms with Gasteiger partial charge in [-0.25, -0.2) is 4.98 Å². The fourth-order valence-corrected chi connectivity index (χ4v) is 5.29. The maximum Gasteiger partial charge on any atom is 0.297 e. The molecule has 0 aliphatic carbocycles. The summed E-state index contributed by atoms with van der Waals surface area (Å²) in [6, 6.07) is 12.8. The predicted molar refractivity (Wildman–Crippen MR) is 126 cm³/mol. The van der Waals surface area contributed by atoms with E-state index >= 15 is 0 Å². The van der Waals surface area contributed by atoms with E-state index in [1.54, 1.807) is 22.7 Å². The highest BCUT2D eigenvalue weighted by molar-refractivity contribution is 7.98. The van der Waals surface area contributed by atoms with Crippen molar-refractivity contribution in [3.8, 4) is 0 Å². The number of aromatic nitrogens is 1. The Labute approximate surface area is 187 Å². The Balaban J connectivity index is 1.80. The van der Waals surface area contributed by atoms with E-state index in [-0.39, 0.29) is 17.1 Å². The normalized spacial score (nSPS) is 15.7. The summed E-state index contributed by atoms with van der Waals surface area (Å²) >= 11 is 3.10. The van der Waals surface area contributed by atoms with E-state index in [0.29, 0.717) is 21.7 Å². The number of hydrogen-bond acceptors (Lipinski definition) is 6. The van der Waals surface area contributed by atoms with Gasteiger partial charge in [-0.15, -0.1) is 23.1 Å². The molecule has 1 amide bonds. The first-order chi connectivity index (χ1) is 14.9. The molecule has 1 aliphatic heterocycles. The summed E-state index contributed by atoms with van der Waals surface area (Å²) in [5.74, 6) is -0.229. The van der Waals surface area contributed by atoms with Crippen LogP contribution in [-0.2, 0) is 0 Å². The summed E-state index contributed by atoms with van der Waals surface area (Å²) in [5, 5.41) is 1.07. The number of aryl methyl sites for hydroxylation is 3. The number of anilines is 1. The lowest BCUT2D eigenvalue weighted by molar-refractivity contribution is 0.0971. The number of amides is 1. The van der Waals surface area contributed by atoms with Crippen molar-refractivity contribution in [1.82, 2.24) is 4.98 Å². The van der Waals surface area contributed by atoms with Gasteiger partial charge in [-0.05, 0) is 56.9 Å². The highest BCUT2D eigenvalue weighted by Gasteiger charge is 2.45. The van der Waals surface area contributed by atoms with E-state index in [1.807, 2.05) is 63.4 Å².